The molecule has 0 bridgehead atoms. The second-order valence-corrected chi connectivity index (χ2v) is 6.29. The molecule has 108 valence electrons. The first-order chi connectivity index (χ1) is 9.56. The zero-order valence-corrected chi connectivity index (χ0v) is 13.0. The van der Waals surface area contributed by atoms with Gasteiger partial charge in [-0.05, 0) is 32.4 Å². The van der Waals surface area contributed by atoms with Crippen molar-refractivity contribution in [3.05, 3.63) is 27.7 Å². The van der Waals surface area contributed by atoms with Gasteiger partial charge in [-0.2, -0.15) is 4.98 Å². The number of nitrogens with zero attached hydrogens (tertiary/aromatic N) is 2. The van der Waals surface area contributed by atoms with E-state index in [0.717, 1.165) is 17.3 Å². The molecule has 0 aromatic carbocycles. The number of hydrogen-bond acceptors (Lipinski definition) is 6. The van der Waals surface area contributed by atoms with Crippen LogP contribution < -0.4 is 15.8 Å². The number of aromatic nitrogens is 2. The average Bonchev–Trinajstić information content (AvgIpc) is 2.79. The number of rotatable bonds is 6. The third-order valence-electron chi connectivity index (χ3n) is 2.49. The molecule has 0 atom stereocenters. The molecule has 0 aliphatic carbocycles. The molecule has 5 nitrogen and oxygen atoms in total. The normalized spacial score (nSPS) is 10.8. The number of anilines is 2. The number of hydrogen-bond donors (Lipinski definition) is 2. The zero-order valence-electron chi connectivity index (χ0n) is 11.4. The Hall–Kier alpha value is -1.53. The Balaban J connectivity index is 1.95. The van der Waals surface area contributed by atoms with Gasteiger partial charge in [-0.1, -0.05) is 11.6 Å². The Morgan fingerprint density at radius 2 is 2.20 bits per heavy atom. The molecule has 2 aromatic heterocycles. The predicted octanol–water partition coefficient (Wildman–Crippen LogP) is 3.22. The van der Waals surface area contributed by atoms with Crippen LogP contribution in [0.3, 0.4) is 0 Å². The van der Waals surface area contributed by atoms with Gasteiger partial charge in [0, 0.05) is 11.4 Å². The van der Waals surface area contributed by atoms with Crippen molar-refractivity contribution < 1.29 is 4.74 Å². The van der Waals surface area contributed by atoms with E-state index in [9.17, 15) is 0 Å². The summed E-state index contributed by atoms with van der Waals surface area (Å²) in [6.45, 7) is 4.57. The van der Waals surface area contributed by atoms with Crippen molar-refractivity contribution in [1.29, 1.82) is 0 Å². The summed E-state index contributed by atoms with van der Waals surface area (Å²) < 4.78 is 6.32. The maximum absolute atomic E-state index is 5.98. The SMILES string of the molecule is CC(C)Oc1ncnc(NCCc2ccc(Cl)s2)c1N. The quantitative estimate of drug-likeness (QED) is 0.857. The van der Waals surface area contributed by atoms with Crippen molar-refractivity contribution in [1.82, 2.24) is 9.97 Å². The fourth-order valence-electron chi connectivity index (χ4n) is 1.63. The average molecular weight is 313 g/mol. The van der Waals surface area contributed by atoms with Crippen LogP contribution in [0.25, 0.3) is 0 Å². The highest BCUT2D eigenvalue weighted by Crippen LogP contribution is 2.26. The largest absolute Gasteiger partial charge is 0.473 e. The maximum Gasteiger partial charge on any atom is 0.242 e. The van der Waals surface area contributed by atoms with E-state index in [4.69, 9.17) is 22.1 Å². The molecular formula is C13H17ClN4OS. The molecule has 0 aliphatic rings. The van der Waals surface area contributed by atoms with Crippen LogP contribution in [0, 0.1) is 0 Å². The van der Waals surface area contributed by atoms with Crippen molar-refractivity contribution in [2.75, 3.05) is 17.6 Å². The molecule has 2 rings (SSSR count). The van der Waals surface area contributed by atoms with Crippen molar-refractivity contribution in [2.45, 2.75) is 26.4 Å². The van der Waals surface area contributed by atoms with Gasteiger partial charge in [-0.25, -0.2) is 4.98 Å². The van der Waals surface area contributed by atoms with Gasteiger partial charge in [0.15, 0.2) is 5.82 Å². The molecule has 2 aromatic rings. The van der Waals surface area contributed by atoms with E-state index in [1.165, 1.54) is 11.2 Å². The second kappa shape index (κ2) is 6.76. The summed E-state index contributed by atoms with van der Waals surface area (Å²) in [7, 11) is 0. The number of halogens is 1. The predicted molar refractivity (Wildman–Crippen MR) is 83.7 cm³/mol. The Kier molecular flexibility index (Phi) is 5.03. The van der Waals surface area contributed by atoms with Crippen molar-refractivity contribution >= 4 is 34.4 Å². The lowest BCUT2D eigenvalue weighted by atomic mass is 10.3. The van der Waals surface area contributed by atoms with Gasteiger partial charge in [-0.15, -0.1) is 11.3 Å². The number of ether oxygens (including phenoxy) is 1. The molecule has 2 heterocycles. The molecule has 0 unspecified atom stereocenters. The molecule has 0 saturated carbocycles. The molecule has 0 radical (unpaired) electrons. The topological polar surface area (TPSA) is 73.1 Å². The first-order valence-electron chi connectivity index (χ1n) is 6.31. The minimum Gasteiger partial charge on any atom is -0.473 e. The molecule has 0 fully saturated rings. The number of nitrogen functional groups attached to an aromatic ring is 1. The van der Waals surface area contributed by atoms with Gasteiger partial charge in [0.2, 0.25) is 5.88 Å². The van der Waals surface area contributed by atoms with Crippen LogP contribution in [-0.2, 0) is 6.42 Å². The van der Waals surface area contributed by atoms with Crippen LogP contribution in [0.2, 0.25) is 4.34 Å². The van der Waals surface area contributed by atoms with Gasteiger partial charge in [0.25, 0.3) is 0 Å². The molecule has 0 amide bonds. The molecule has 0 aliphatic heterocycles. The Morgan fingerprint density at radius 1 is 1.40 bits per heavy atom. The summed E-state index contributed by atoms with van der Waals surface area (Å²) in [5, 5.41) is 3.19. The van der Waals surface area contributed by atoms with Crippen LogP contribution in [0.1, 0.15) is 18.7 Å². The van der Waals surface area contributed by atoms with Crippen molar-refractivity contribution in [3.63, 3.8) is 0 Å². The second-order valence-electron chi connectivity index (χ2n) is 4.49. The molecule has 20 heavy (non-hydrogen) atoms. The molecule has 7 heteroatoms. The zero-order chi connectivity index (χ0) is 14.5. The summed E-state index contributed by atoms with van der Waals surface area (Å²) in [6, 6.07) is 3.92. The van der Waals surface area contributed by atoms with Gasteiger partial charge >= 0.3 is 0 Å². The lowest BCUT2D eigenvalue weighted by molar-refractivity contribution is 0.234. The van der Waals surface area contributed by atoms with Gasteiger partial charge in [0.1, 0.15) is 12.0 Å². The van der Waals surface area contributed by atoms with E-state index in [-0.39, 0.29) is 6.10 Å². The van der Waals surface area contributed by atoms with Crippen LogP contribution in [-0.4, -0.2) is 22.6 Å². The first-order valence-corrected chi connectivity index (χ1v) is 7.51. The minimum atomic E-state index is 0.0216. The summed E-state index contributed by atoms with van der Waals surface area (Å²) in [5.41, 5.74) is 6.42. The monoisotopic (exact) mass is 312 g/mol. The number of nitrogens with one attached hydrogen (secondary N) is 1. The fourth-order valence-corrected chi connectivity index (χ4v) is 2.71. The summed E-state index contributed by atoms with van der Waals surface area (Å²) in [6.07, 6.45) is 2.33. The van der Waals surface area contributed by atoms with Crippen LogP contribution in [0.5, 0.6) is 5.88 Å². The highest BCUT2D eigenvalue weighted by Gasteiger charge is 2.10. The van der Waals surface area contributed by atoms with E-state index in [0.29, 0.717) is 17.4 Å². The van der Waals surface area contributed by atoms with E-state index in [2.05, 4.69) is 15.3 Å². The smallest absolute Gasteiger partial charge is 0.242 e. The van der Waals surface area contributed by atoms with Crippen molar-refractivity contribution in [3.8, 4) is 5.88 Å². The highest BCUT2D eigenvalue weighted by molar-refractivity contribution is 7.16. The van der Waals surface area contributed by atoms with E-state index < -0.39 is 0 Å². The van der Waals surface area contributed by atoms with E-state index >= 15 is 0 Å². The summed E-state index contributed by atoms with van der Waals surface area (Å²) in [4.78, 5) is 9.38. The highest BCUT2D eigenvalue weighted by atomic mass is 35.5. The van der Waals surface area contributed by atoms with Gasteiger partial charge < -0.3 is 15.8 Å². The third-order valence-corrected chi connectivity index (χ3v) is 3.78. The lowest BCUT2D eigenvalue weighted by Gasteiger charge is -2.13. The minimum absolute atomic E-state index is 0.0216. The van der Waals surface area contributed by atoms with Gasteiger partial charge in [0.05, 0.1) is 10.4 Å². The van der Waals surface area contributed by atoms with E-state index in [1.807, 2.05) is 26.0 Å². The number of thiophene rings is 1. The Bertz CT molecular complexity index is 573. The first kappa shape index (κ1) is 14.9. The van der Waals surface area contributed by atoms with E-state index in [1.54, 1.807) is 11.3 Å². The maximum atomic E-state index is 5.98. The Morgan fingerprint density at radius 3 is 2.85 bits per heavy atom. The molecule has 0 saturated heterocycles. The summed E-state index contributed by atoms with van der Waals surface area (Å²) >= 11 is 7.47. The number of nitrogens with two attached hydrogens (primary N) is 1. The lowest BCUT2D eigenvalue weighted by Crippen LogP contribution is -2.13. The van der Waals surface area contributed by atoms with Crippen LogP contribution in [0.15, 0.2) is 18.5 Å². The standard InChI is InChI=1S/C13H17ClN4OS/c1-8(2)19-13-11(15)12(17-7-18-13)16-6-5-9-3-4-10(14)20-9/h3-4,7-8H,5-6,15H2,1-2H3,(H,16,17,18). The molecule has 0 spiro atoms. The van der Waals surface area contributed by atoms with Crippen molar-refractivity contribution in [2.24, 2.45) is 0 Å². The fraction of sp³-hybridized carbons (Fsp3) is 0.385. The molecule has 3 N–H and O–H groups in total. The third kappa shape index (κ3) is 3.98. The van der Waals surface area contributed by atoms with Crippen LogP contribution in [0.4, 0.5) is 11.5 Å². The molecular weight excluding hydrogens is 296 g/mol. The van der Waals surface area contributed by atoms with Crippen LogP contribution >= 0.6 is 22.9 Å². The Labute approximate surface area is 127 Å². The van der Waals surface area contributed by atoms with Gasteiger partial charge in [-0.3, -0.25) is 0 Å². The summed E-state index contributed by atoms with van der Waals surface area (Å²) in [5.74, 6) is 1.01.